The molecule has 2 aliphatic rings. The molecule has 2 saturated heterocycles. The Morgan fingerprint density at radius 1 is 1.00 bits per heavy atom. The lowest BCUT2D eigenvalue weighted by Gasteiger charge is -2.27. The van der Waals surface area contributed by atoms with Crippen LogP contribution in [0.15, 0.2) is 42.4 Å². The molecule has 342 valence electrons. The maximum Gasteiger partial charge on any atom is 0.469 e. The molecule has 0 saturated carbocycles. The number of nitrogens with zero attached hydrogens (tertiary/aromatic N) is 6. The molecule has 3 aromatic rings. The van der Waals surface area contributed by atoms with E-state index in [2.05, 4.69) is 41.7 Å². The number of phosphoric ester groups is 1. The summed E-state index contributed by atoms with van der Waals surface area (Å²) < 4.78 is 60.4. The second kappa shape index (κ2) is 19.7. The van der Waals surface area contributed by atoms with Crippen LogP contribution in [0, 0.1) is 0 Å². The molecule has 0 aromatic carbocycles. The highest BCUT2D eigenvalue weighted by molar-refractivity contribution is 7.53. The summed E-state index contributed by atoms with van der Waals surface area (Å²) in [7, 11) is -10.5. The number of amides is 2. The summed E-state index contributed by atoms with van der Waals surface area (Å²) in [5.74, 6) is -2.63. The normalized spacial score (nSPS) is 25.5. The number of nitrogen functional groups attached to an aromatic ring is 2. The van der Waals surface area contributed by atoms with E-state index in [9.17, 15) is 53.2 Å². The number of hydrogen-bond acceptors (Lipinski definition) is 20. The summed E-state index contributed by atoms with van der Waals surface area (Å²) in [4.78, 5) is 97.4. The van der Waals surface area contributed by atoms with Crippen LogP contribution < -0.4 is 27.8 Å². The number of fused-ring (bicyclic) bond motifs is 1. The van der Waals surface area contributed by atoms with Crippen molar-refractivity contribution in [3.05, 3.63) is 48.1 Å². The molecular formula is C33H48N10O17P2. The fourth-order valence-electron chi connectivity index (χ4n) is 6.45. The lowest BCUT2D eigenvalue weighted by atomic mass is 10.1. The van der Waals surface area contributed by atoms with Gasteiger partial charge in [-0.25, -0.2) is 29.1 Å². The molecule has 62 heavy (non-hydrogen) atoms. The molecule has 5 rings (SSSR count). The third kappa shape index (κ3) is 12.0. The van der Waals surface area contributed by atoms with Crippen LogP contribution in [0.2, 0.25) is 0 Å². The zero-order valence-electron chi connectivity index (χ0n) is 33.4. The molecule has 0 radical (unpaired) electrons. The number of phosphoric acid groups is 1. The smallest absolute Gasteiger partial charge is 0.455 e. The third-order valence-corrected chi connectivity index (χ3v) is 11.5. The number of hydrogen-bond donors (Lipinski definition) is 9. The van der Waals surface area contributed by atoms with Crippen molar-refractivity contribution in [2.24, 2.45) is 0 Å². The first kappa shape index (κ1) is 48.3. The van der Waals surface area contributed by atoms with Gasteiger partial charge in [0.15, 0.2) is 36.1 Å². The van der Waals surface area contributed by atoms with Crippen molar-refractivity contribution in [3.63, 3.8) is 0 Å². The van der Waals surface area contributed by atoms with E-state index in [1.165, 1.54) is 17.0 Å². The first-order valence-electron chi connectivity index (χ1n) is 18.6. The van der Waals surface area contributed by atoms with Crippen LogP contribution in [0.5, 0.6) is 0 Å². The van der Waals surface area contributed by atoms with Gasteiger partial charge in [-0.3, -0.25) is 27.8 Å². The number of ether oxygens (including phenoxy) is 4. The predicted octanol–water partition coefficient (Wildman–Crippen LogP) is -2.26. The highest BCUT2D eigenvalue weighted by Crippen LogP contribution is 2.56. The van der Waals surface area contributed by atoms with Gasteiger partial charge in [0.2, 0.25) is 11.8 Å². The van der Waals surface area contributed by atoms with Crippen LogP contribution in [0.3, 0.4) is 0 Å². The van der Waals surface area contributed by atoms with Gasteiger partial charge in [0, 0.05) is 18.2 Å². The average molecular weight is 919 g/mol. The minimum atomic E-state index is -5.31. The Hall–Kier alpha value is -4.76. The summed E-state index contributed by atoms with van der Waals surface area (Å²) >= 11 is 0. The number of anilines is 2. The van der Waals surface area contributed by atoms with Crippen LogP contribution in [0.1, 0.15) is 46.1 Å². The highest BCUT2D eigenvalue weighted by Gasteiger charge is 2.56. The first-order valence-corrected chi connectivity index (χ1v) is 21.8. The Bertz CT molecular complexity index is 2270. The zero-order chi connectivity index (χ0) is 45.7. The van der Waals surface area contributed by atoms with Gasteiger partial charge in [0.05, 0.1) is 26.1 Å². The fourth-order valence-corrected chi connectivity index (χ4v) is 8.43. The van der Waals surface area contributed by atoms with Crippen LogP contribution in [0.4, 0.5) is 11.6 Å². The molecule has 2 unspecified atom stereocenters. The van der Waals surface area contributed by atoms with Crippen LogP contribution in [-0.2, 0) is 51.5 Å². The van der Waals surface area contributed by atoms with Gasteiger partial charge in [-0.1, -0.05) is 6.08 Å². The van der Waals surface area contributed by atoms with Gasteiger partial charge in [-0.05, 0) is 33.3 Å². The summed E-state index contributed by atoms with van der Waals surface area (Å²) in [5, 5.41) is 28.1. The summed E-state index contributed by atoms with van der Waals surface area (Å²) in [6.07, 6.45) is -7.58. The quantitative estimate of drug-likeness (QED) is 0.0348. The Labute approximate surface area is 351 Å². The van der Waals surface area contributed by atoms with E-state index >= 15 is 0 Å². The number of allylic oxidation sites excluding steroid dienone is 1. The van der Waals surface area contributed by atoms with Crippen LogP contribution in [0.25, 0.3) is 11.2 Å². The number of aromatic nitrogens is 6. The number of aliphatic hydroxyl groups excluding tert-OH is 2. The number of nitrogens with one attached hydrogen (secondary N) is 2. The molecule has 11 N–H and O–H groups in total. The van der Waals surface area contributed by atoms with E-state index in [1.54, 1.807) is 20.8 Å². The first-order chi connectivity index (χ1) is 29.0. The van der Waals surface area contributed by atoms with E-state index in [0.717, 1.165) is 18.6 Å². The van der Waals surface area contributed by atoms with Gasteiger partial charge >= 0.3 is 27.1 Å². The van der Waals surface area contributed by atoms with E-state index in [-0.39, 0.29) is 35.6 Å². The molecule has 2 aliphatic heterocycles. The number of carbonyl (C=O) groups excluding carboxylic acids is 3. The Balaban J connectivity index is 1.43. The van der Waals surface area contributed by atoms with Gasteiger partial charge in [0.1, 0.15) is 54.3 Å². The molecule has 27 nitrogen and oxygen atoms in total. The minimum Gasteiger partial charge on any atom is -0.455 e. The predicted molar refractivity (Wildman–Crippen MR) is 210 cm³/mol. The third-order valence-electron chi connectivity index (χ3n) is 9.12. The number of aliphatic hydroxyl groups is 2. The SMILES string of the molecule is C=CCCC(=O)N[C@@H](COCC(=O)NC(C)(C)C)C(=O)O[C@@H]1C(COP(=O)(O)[C@H]2[C@@H](O)[C@H](n3ccc(N)nc3=O)O[C@@H]2COP(=O)(O)O)O[C@@H](n2cnc3c(N)ncnc32)[C@@H]1O. The molecule has 29 heteroatoms. The van der Waals surface area contributed by atoms with Crippen molar-refractivity contribution in [2.45, 2.75) is 93.8 Å². The average Bonchev–Trinajstić information content (AvgIpc) is 3.84. The van der Waals surface area contributed by atoms with Crippen molar-refractivity contribution in [2.75, 3.05) is 37.9 Å². The molecule has 2 fully saturated rings. The molecule has 10 atom stereocenters. The van der Waals surface area contributed by atoms with Gasteiger partial charge in [0.25, 0.3) is 0 Å². The zero-order valence-corrected chi connectivity index (χ0v) is 35.2. The van der Waals surface area contributed by atoms with Crippen molar-refractivity contribution in [1.82, 2.24) is 39.7 Å². The van der Waals surface area contributed by atoms with Crippen molar-refractivity contribution < 1.29 is 76.4 Å². The van der Waals surface area contributed by atoms with E-state index in [4.69, 9.17) is 34.9 Å². The lowest BCUT2D eigenvalue weighted by Crippen LogP contribution is -2.49. The Kier molecular flexibility index (Phi) is 15.4. The van der Waals surface area contributed by atoms with Crippen molar-refractivity contribution in [3.8, 4) is 0 Å². The maximum atomic E-state index is 14.1. The van der Waals surface area contributed by atoms with Gasteiger partial charge < -0.3 is 70.5 Å². The Morgan fingerprint density at radius 2 is 1.68 bits per heavy atom. The molecule has 2 amide bonds. The molecule has 0 aliphatic carbocycles. The molecular weight excluding hydrogens is 870 g/mol. The molecule has 5 heterocycles. The monoisotopic (exact) mass is 918 g/mol. The van der Waals surface area contributed by atoms with Crippen molar-refractivity contribution in [1.29, 1.82) is 0 Å². The van der Waals surface area contributed by atoms with E-state index in [1.807, 2.05) is 0 Å². The second-order valence-electron chi connectivity index (χ2n) is 15.0. The number of carbonyl (C=O) groups is 3. The second-order valence-corrected chi connectivity index (χ2v) is 18.3. The lowest BCUT2D eigenvalue weighted by molar-refractivity contribution is -0.162. The fraction of sp³-hybridized carbons (Fsp3) is 0.576. The van der Waals surface area contributed by atoms with Crippen molar-refractivity contribution >= 4 is 56.0 Å². The van der Waals surface area contributed by atoms with Crippen LogP contribution >= 0.6 is 15.4 Å². The summed E-state index contributed by atoms with van der Waals surface area (Å²) in [6.45, 7) is 5.55. The maximum absolute atomic E-state index is 14.1. The standard InChI is InChI=1S/C33H48N10O17P2/c1-5-6-7-20(44)39-16(10-55-13-21(45)41-33(2,3)4)31(48)60-25-17(58-29(23(25)46)43-15-38-22-27(35)36-14-37-28(22)43)11-56-61(50,51)26-18(12-57-62(52,53)54)59-30(24(26)47)42-9-8-19(34)40-32(42)49/h5,8-9,14-18,23-26,29-30,46-47H,1,6-7,10-13H2,2-4H3,(H,39,44)(H,41,45)(H,50,51)(H2,34,40,49)(H2,35,36,37)(H2,52,53,54)/t16-,17?,18+,23+,24+,25+,26+,29+,30+/m0/s1. The van der Waals surface area contributed by atoms with Gasteiger partial charge in [-0.15, -0.1) is 6.58 Å². The Morgan fingerprint density at radius 3 is 2.34 bits per heavy atom. The largest absolute Gasteiger partial charge is 0.469 e. The van der Waals surface area contributed by atoms with E-state index in [0.29, 0.717) is 4.57 Å². The number of rotatable bonds is 19. The summed E-state index contributed by atoms with van der Waals surface area (Å²) in [6, 6.07) is -0.435. The van der Waals surface area contributed by atoms with E-state index < -0.39 is 126 Å². The topological polar surface area (TPSA) is 396 Å². The minimum absolute atomic E-state index is 0.0403. The molecule has 3 aromatic heterocycles. The number of esters is 1. The highest BCUT2D eigenvalue weighted by atomic mass is 31.2. The van der Waals surface area contributed by atoms with Gasteiger partial charge in [-0.2, -0.15) is 4.98 Å². The molecule has 0 bridgehead atoms. The van der Waals surface area contributed by atoms with Crippen LogP contribution in [-0.4, -0.2) is 146 Å². The summed E-state index contributed by atoms with van der Waals surface area (Å²) in [5.41, 5.74) is 7.88. The number of imidazole rings is 1. The molecule has 0 spiro atoms. The number of nitrogens with two attached hydrogens (primary N) is 2.